The lowest BCUT2D eigenvalue weighted by Crippen LogP contribution is -2.38. The van der Waals surface area contributed by atoms with Gasteiger partial charge < -0.3 is 14.4 Å². The molecular weight excluding hydrogens is 222 g/mol. The molecule has 1 unspecified atom stereocenters. The molecular formula is C12H17NO4. The van der Waals surface area contributed by atoms with Crippen LogP contribution in [0.25, 0.3) is 0 Å². The largest absolute Gasteiger partial charge is 0.465 e. The maximum absolute atomic E-state index is 11.7. The molecule has 1 heterocycles. The zero-order valence-corrected chi connectivity index (χ0v) is 10.5. The van der Waals surface area contributed by atoms with E-state index in [4.69, 9.17) is 4.74 Å². The molecule has 1 rings (SSSR count). The summed E-state index contributed by atoms with van der Waals surface area (Å²) in [7, 11) is 2.58. The number of carbonyl (C=O) groups excluding carboxylic acids is 2. The van der Waals surface area contributed by atoms with Crippen LogP contribution in [0.5, 0.6) is 0 Å². The minimum absolute atomic E-state index is 0.0440. The van der Waals surface area contributed by atoms with Crippen molar-refractivity contribution in [3.63, 3.8) is 0 Å². The van der Waals surface area contributed by atoms with Crippen LogP contribution in [0.3, 0.4) is 0 Å². The first-order chi connectivity index (χ1) is 8.06. The second-order valence-corrected chi connectivity index (χ2v) is 3.63. The molecule has 1 aliphatic rings. The molecule has 94 valence electrons. The Morgan fingerprint density at radius 2 is 1.88 bits per heavy atom. The van der Waals surface area contributed by atoms with E-state index in [2.05, 4.69) is 4.74 Å². The predicted octanol–water partition coefficient (Wildman–Crippen LogP) is 0.867. The summed E-state index contributed by atoms with van der Waals surface area (Å²) in [5.41, 5.74) is 0.496. The maximum Gasteiger partial charge on any atom is 0.355 e. The summed E-state index contributed by atoms with van der Waals surface area (Å²) in [6.07, 6.45) is 3.46. The lowest BCUT2D eigenvalue weighted by Gasteiger charge is -2.32. The van der Waals surface area contributed by atoms with Gasteiger partial charge in [0.1, 0.15) is 5.70 Å². The van der Waals surface area contributed by atoms with E-state index in [-0.39, 0.29) is 17.3 Å². The van der Waals surface area contributed by atoms with E-state index in [0.29, 0.717) is 6.54 Å². The first-order valence-electron chi connectivity index (χ1n) is 5.42. The molecule has 0 amide bonds. The zero-order valence-electron chi connectivity index (χ0n) is 10.5. The summed E-state index contributed by atoms with van der Waals surface area (Å²) in [6, 6.07) is 0.0440. The van der Waals surface area contributed by atoms with Crippen molar-refractivity contribution in [1.29, 1.82) is 0 Å². The Morgan fingerprint density at radius 1 is 1.29 bits per heavy atom. The summed E-state index contributed by atoms with van der Waals surface area (Å²) in [4.78, 5) is 25.2. The number of hydrogen-bond donors (Lipinski definition) is 0. The van der Waals surface area contributed by atoms with Gasteiger partial charge in [-0.25, -0.2) is 9.59 Å². The molecule has 17 heavy (non-hydrogen) atoms. The fourth-order valence-electron chi connectivity index (χ4n) is 1.82. The average molecular weight is 239 g/mol. The van der Waals surface area contributed by atoms with Crippen LogP contribution in [-0.2, 0) is 19.1 Å². The van der Waals surface area contributed by atoms with Crippen LogP contribution in [-0.4, -0.2) is 43.6 Å². The first kappa shape index (κ1) is 13.3. The number of ether oxygens (including phenoxy) is 2. The highest BCUT2D eigenvalue weighted by molar-refractivity contribution is 6.02. The standard InChI is InChI=1S/C12H17NO4/c1-5-13-8(2)6-7-9(11(14)16-3)10(13)12(15)17-4/h6-8H,5H2,1-4H3. The first-order valence-corrected chi connectivity index (χ1v) is 5.42. The smallest absolute Gasteiger partial charge is 0.355 e. The zero-order chi connectivity index (χ0) is 13.0. The molecule has 0 bridgehead atoms. The van der Waals surface area contributed by atoms with Gasteiger partial charge in [0.2, 0.25) is 0 Å². The molecule has 0 radical (unpaired) electrons. The van der Waals surface area contributed by atoms with Crippen LogP contribution in [0.1, 0.15) is 13.8 Å². The minimum Gasteiger partial charge on any atom is -0.465 e. The van der Waals surface area contributed by atoms with Crippen LogP contribution in [0.4, 0.5) is 0 Å². The third kappa shape index (κ3) is 2.49. The summed E-state index contributed by atoms with van der Waals surface area (Å²) in [5.74, 6) is -1.06. The van der Waals surface area contributed by atoms with Crippen LogP contribution >= 0.6 is 0 Å². The summed E-state index contributed by atoms with van der Waals surface area (Å²) in [5, 5.41) is 0. The molecule has 0 spiro atoms. The van der Waals surface area contributed by atoms with E-state index < -0.39 is 11.9 Å². The number of hydrogen-bond acceptors (Lipinski definition) is 5. The van der Waals surface area contributed by atoms with Crippen LogP contribution in [0, 0.1) is 0 Å². The number of carbonyl (C=O) groups is 2. The van der Waals surface area contributed by atoms with Crippen molar-refractivity contribution in [2.24, 2.45) is 0 Å². The molecule has 5 nitrogen and oxygen atoms in total. The Balaban J connectivity index is 3.27. The molecule has 0 aliphatic carbocycles. The normalized spacial score (nSPS) is 19.3. The highest BCUT2D eigenvalue weighted by Crippen LogP contribution is 2.23. The van der Waals surface area contributed by atoms with Gasteiger partial charge in [-0.3, -0.25) is 0 Å². The Bertz CT molecular complexity index is 384. The highest BCUT2D eigenvalue weighted by Gasteiger charge is 2.30. The van der Waals surface area contributed by atoms with E-state index in [1.807, 2.05) is 19.9 Å². The van der Waals surface area contributed by atoms with E-state index in [0.717, 1.165) is 0 Å². The number of esters is 2. The third-order valence-electron chi connectivity index (χ3n) is 2.70. The van der Waals surface area contributed by atoms with E-state index in [9.17, 15) is 9.59 Å². The van der Waals surface area contributed by atoms with Crippen molar-refractivity contribution < 1.29 is 19.1 Å². The van der Waals surface area contributed by atoms with E-state index in [1.54, 1.807) is 11.0 Å². The van der Waals surface area contributed by atoms with Gasteiger partial charge in [-0.15, -0.1) is 0 Å². The quantitative estimate of drug-likeness (QED) is 0.684. The van der Waals surface area contributed by atoms with Crippen molar-refractivity contribution >= 4 is 11.9 Å². The van der Waals surface area contributed by atoms with E-state index >= 15 is 0 Å². The van der Waals surface area contributed by atoms with Gasteiger partial charge in [0.05, 0.1) is 19.8 Å². The predicted molar refractivity (Wildman–Crippen MR) is 62.0 cm³/mol. The second kappa shape index (κ2) is 5.52. The molecule has 1 aliphatic heterocycles. The Hall–Kier alpha value is -1.78. The van der Waals surface area contributed by atoms with Crippen LogP contribution in [0.15, 0.2) is 23.4 Å². The van der Waals surface area contributed by atoms with Crippen molar-refractivity contribution in [3.05, 3.63) is 23.4 Å². The second-order valence-electron chi connectivity index (χ2n) is 3.63. The monoisotopic (exact) mass is 239 g/mol. The molecule has 0 saturated carbocycles. The summed E-state index contributed by atoms with van der Waals surface area (Å²) >= 11 is 0. The fraction of sp³-hybridized carbons (Fsp3) is 0.500. The van der Waals surface area contributed by atoms with E-state index in [1.165, 1.54) is 14.2 Å². The lowest BCUT2D eigenvalue weighted by atomic mass is 10.0. The lowest BCUT2D eigenvalue weighted by molar-refractivity contribution is -0.140. The molecule has 0 saturated heterocycles. The van der Waals surface area contributed by atoms with Crippen LogP contribution in [0.2, 0.25) is 0 Å². The Morgan fingerprint density at radius 3 is 2.35 bits per heavy atom. The molecule has 0 N–H and O–H groups in total. The summed E-state index contributed by atoms with van der Waals surface area (Å²) < 4.78 is 9.38. The number of likely N-dealkylation sites (N-methyl/N-ethyl adjacent to an activating group) is 1. The maximum atomic E-state index is 11.7. The molecule has 0 fully saturated rings. The van der Waals surface area contributed by atoms with Gasteiger partial charge in [-0.1, -0.05) is 6.08 Å². The number of nitrogens with zero attached hydrogens (tertiary/aromatic N) is 1. The van der Waals surface area contributed by atoms with Crippen molar-refractivity contribution in [3.8, 4) is 0 Å². The third-order valence-corrected chi connectivity index (χ3v) is 2.70. The average Bonchev–Trinajstić information content (AvgIpc) is 2.36. The molecule has 1 atom stereocenters. The number of methoxy groups -OCH3 is 2. The van der Waals surface area contributed by atoms with Crippen molar-refractivity contribution in [1.82, 2.24) is 4.90 Å². The molecule has 0 aromatic rings. The number of rotatable bonds is 3. The van der Waals surface area contributed by atoms with Gasteiger partial charge in [-0.2, -0.15) is 0 Å². The topological polar surface area (TPSA) is 55.8 Å². The minimum atomic E-state index is -0.535. The van der Waals surface area contributed by atoms with Gasteiger partial charge in [0.15, 0.2) is 0 Å². The van der Waals surface area contributed by atoms with Crippen molar-refractivity contribution in [2.45, 2.75) is 19.9 Å². The fourth-order valence-corrected chi connectivity index (χ4v) is 1.82. The van der Waals surface area contributed by atoms with Gasteiger partial charge >= 0.3 is 11.9 Å². The molecule has 0 aromatic carbocycles. The van der Waals surface area contributed by atoms with Gasteiger partial charge in [0, 0.05) is 12.6 Å². The van der Waals surface area contributed by atoms with Crippen LogP contribution < -0.4 is 0 Å². The Kier molecular flexibility index (Phi) is 4.31. The highest BCUT2D eigenvalue weighted by atomic mass is 16.5. The SMILES string of the molecule is CCN1C(C(=O)OC)=C(C(=O)OC)C=CC1C. The molecule has 0 aromatic heterocycles. The van der Waals surface area contributed by atoms with Gasteiger partial charge in [-0.05, 0) is 19.9 Å². The van der Waals surface area contributed by atoms with Crippen molar-refractivity contribution in [2.75, 3.05) is 20.8 Å². The Labute approximate surface area is 101 Å². The van der Waals surface area contributed by atoms with Gasteiger partial charge in [0.25, 0.3) is 0 Å². The molecule has 5 heteroatoms. The summed E-state index contributed by atoms with van der Waals surface area (Å²) in [6.45, 7) is 4.46.